The van der Waals surface area contributed by atoms with E-state index in [1.807, 2.05) is 72.8 Å². The molecule has 0 aliphatic heterocycles. The molecule has 4 aromatic heterocycles. The topological polar surface area (TPSA) is 69.9 Å². The standard InChI is InChI=1S/C51H30N4O2/c1-3-14-31(15-4-1)49-52-50(32-16-5-2-6-17-32)54-51(53-49)33-28-29-38-45(30-33)56-43-26-12-20-36(46(38)43)37-21-11-22-39-47-42(25-13-27-44(47)57-48(37)39)55-40-23-9-7-18-34(40)35-19-8-10-24-41(35)55/h1-30H. The van der Waals surface area contributed by atoms with Crippen LogP contribution in [0.15, 0.2) is 191 Å². The van der Waals surface area contributed by atoms with Gasteiger partial charge in [-0.05, 0) is 48.0 Å². The maximum absolute atomic E-state index is 6.84. The lowest BCUT2D eigenvalue weighted by Gasteiger charge is -2.09. The maximum atomic E-state index is 6.84. The smallest absolute Gasteiger partial charge is 0.164 e. The van der Waals surface area contributed by atoms with Gasteiger partial charge in [0.1, 0.15) is 22.3 Å². The molecule has 0 fully saturated rings. The van der Waals surface area contributed by atoms with Crippen LogP contribution in [0.25, 0.3) is 117 Å². The molecule has 12 aromatic rings. The molecule has 6 heteroatoms. The third-order valence-corrected chi connectivity index (χ3v) is 11.1. The number of para-hydroxylation sites is 3. The van der Waals surface area contributed by atoms with Crippen molar-refractivity contribution in [3.63, 3.8) is 0 Å². The molecule has 4 heterocycles. The van der Waals surface area contributed by atoms with Crippen molar-refractivity contribution in [2.24, 2.45) is 0 Å². The van der Waals surface area contributed by atoms with Crippen LogP contribution < -0.4 is 0 Å². The first kappa shape index (κ1) is 31.5. The summed E-state index contributed by atoms with van der Waals surface area (Å²) in [7, 11) is 0. The molecule has 57 heavy (non-hydrogen) atoms. The second-order valence-corrected chi connectivity index (χ2v) is 14.3. The number of rotatable bonds is 5. The number of aromatic nitrogens is 4. The average Bonchev–Trinajstić information content (AvgIpc) is 3.96. The fourth-order valence-electron chi connectivity index (χ4n) is 8.54. The summed E-state index contributed by atoms with van der Waals surface area (Å²) in [5.74, 6) is 1.81. The molecule has 0 radical (unpaired) electrons. The Morgan fingerprint density at radius 1 is 0.351 bits per heavy atom. The Balaban J connectivity index is 1.03. The minimum atomic E-state index is 0.580. The van der Waals surface area contributed by atoms with Gasteiger partial charge in [-0.3, -0.25) is 0 Å². The predicted molar refractivity (Wildman–Crippen MR) is 230 cm³/mol. The first-order valence-corrected chi connectivity index (χ1v) is 19.0. The fraction of sp³-hybridized carbons (Fsp3) is 0. The van der Waals surface area contributed by atoms with Crippen LogP contribution in [0, 0.1) is 0 Å². The van der Waals surface area contributed by atoms with Crippen molar-refractivity contribution in [3.8, 4) is 51.0 Å². The van der Waals surface area contributed by atoms with Crippen molar-refractivity contribution in [2.75, 3.05) is 0 Å². The molecule has 0 aliphatic carbocycles. The largest absolute Gasteiger partial charge is 0.456 e. The summed E-state index contributed by atoms with van der Waals surface area (Å²) in [5, 5.41) is 6.62. The van der Waals surface area contributed by atoms with Gasteiger partial charge in [0.25, 0.3) is 0 Å². The Kier molecular flexibility index (Phi) is 6.83. The van der Waals surface area contributed by atoms with E-state index in [0.717, 1.165) is 88.4 Å². The summed E-state index contributed by atoms with van der Waals surface area (Å²) in [6.45, 7) is 0. The predicted octanol–water partition coefficient (Wildman–Crippen LogP) is 13.4. The van der Waals surface area contributed by atoms with Crippen molar-refractivity contribution in [2.45, 2.75) is 0 Å². The molecule has 0 saturated heterocycles. The second kappa shape index (κ2) is 12.3. The van der Waals surface area contributed by atoms with Crippen molar-refractivity contribution >= 4 is 65.7 Å². The minimum Gasteiger partial charge on any atom is -0.456 e. The molecule has 0 amide bonds. The average molecular weight is 731 g/mol. The summed E-state index contributed by atoms with van der Waals surface area (Å²) in [6, 6.07) is 62.5. The van der Waals surface area contributed by atoms with Crippen molar-refractivity contribution in [1.29, 1.82) is 0 Å². The highest BCUT2D eigenvalue weighted by Crippen LogP contribution is 2.44. The Hall–Kier alpha value is -7.83. The van der Waals surface area contributed by atoms with E-state index in [0.29, 0.717) is 17.5 Å². The third kappa shape index (κ3) is 4.87. The Labute approximate surface area is 325 Å². The molecular formula is C51H30N4O2. The number of nitrogens with zero attached hydrogens (tertiary/aromatic N) is 4. The van der Waals surface area contributed by atoms with Crippen LogP contribution in [0.3, 0.4) is 0 Å². The highest BCUT2D eigenvalue weighted by atomic mass is 16.3. The zero-order valence-corrected chi connectivity index (χ0v) is 30.4. The van der Waals surface area contributed by atoms with Crippen LogP contribution in [0.5, 0.6) is 0 Å². The van der Waals surface area contributed by atoms with E-state index in [1.165, 1.54) is 10.8 Å². The SMILES string of the molecule is c1ccc(-c2nc(-c3ccccc3)nc(-c3ccc4c(c3)oc3cccc(-c5cccc6c5oc5cccc(-n7c8ccccc8c8ccccc87)c56)c34)n2)cc1. The Morgan fingerprint density at radius 2 is 0.895 bits per heavy atom. The highest BCUT2D eigenvalue weighted by molar-refractivity contribution is 6.19. The van der Waals surface area contributed by atoms with Crippen LogP contribution in [-0.2, 0) is 0 Å². The molecule has 0 saturated carbocycles. The summed E-state index contributed by atoms with van der Waals surface area (Å²) < 4.78 is 15.8. The third-order valence-electron chi connectivity index (χ3n) is 11.1. The lowest BCUT2D eigenvalue weighted by atomic mass is 9.97. The molecule has 6 nitrogen and oxygen atoms in total. The van der Waals surface area contributed by atoms with Crippen LogP contribution in [-0.4, -0.2) is 19.5 Å². The highest BCUT2D eigenvalue weighted by Gasteiger charge is 2.22. The number of hydrogen-bond acceptors (Lipinski definition) is 5. The fourth-order valence-corrected chi connectivity index (χ4v) is 8.54. The van der Waals surface area contributed by atoms with Crippen LogP contribution in [0.1, 0.15) is 0 Å². The zero-order valence-electron chi connectivity index (χ0n) is 30.4. The normalized spacial score (nSPS) is 11.9. The zero-order chi connectivity index (χ0) is 37.5. The molecule has 0 aliphatic rings. The molecule has 0 unspecified atom stereocenters. The van der Waals surface area contributed by atoms with Crippen molar-refractivity contribution in [1.82, 2.24) is 19.5 Å². The van der Waals surface area contributed by atoms with Gasteiger partial charge < -0.3 is 13.4 Å². The van der Waals surface area contributed by atoms with E-state index in [2.05, 4.69) is 114 Å². The molecule has 0 atom stereocenters. The van der Waals surface area contributed by atoms with Crippen LogP contribution >= 0.6 is 0 Å². The lowest BCUT2D eigenvalue weighted by molar-refractivity contribution is 0.668. The summed E-state index contributed by atoms with van der Waals surface area (Å²) in [5.41, 5.74) is 11.4. The molecule has 0 spiro atoms. The lowest BCUT2D eigenvalue weighted by Crippen LogP contribution is -2.00. The van der Waals surface area contributed by atoms with Gasteiger partial charge in [-0.15, -0.1) is 0 Å². The van der Waals surface area contributed by atoms with E-state index in [1.54, 1.807) is 0 Å². The van der Waals surface area contributed by atoms with Gasteiger partial charge in [0, 0.05) is 49.2 Å². The van der Waals surface area contributed by atoms with Gasteiger partial charge in [0.05, 0.1) is 22.1 Å². The molecule has 12 rings (SSSR count). The minimum absolute atomic E-state index is 0.580. The monoisotopic (exact) mass is 730 g/mol. The summed E-state index contributed by atoms with van der Waals surface area (Å²) in [6.07, 6.45) is 0. The van der Waals surface area contributed by atoms with Gasteiger partial charge in [-0.2, -0.15) is 0 Å². The Bertz CT molecular complexity index is 3410. The van der Waals surface area contributed by atoms with E-state index in [9.17, 15) is 0 Å². The molecule has 266 valence electrons. The quantitative estimate of drug-likeness (QED) is 0.176. The van der Waals surface area contributed by atoms with Crippen LogP contribution in [0.4, 0.5) is 0 Å². The van der Waals surface area contributed by atoms with E-state index >= 15 is 0 Å². The van der Waals surface area contributed by atoms with Gasteiger partial charge in [-0.1, -0.05) is 140 Å². The first-order chi connectivity index (χ1) is 28.3. The molecular weight excluding hydrogens is 701 g/mol. The van der Waals surface area contributed by atoms with Gasteiger partial charge in [0.2, 0.25) is 0 Å². The van der Waals surface area contributed by atoms with E-state index in [4.69, 9.17) is 23.8 Å². The summed E-state index contributed by atoms with van der Waals surface area (Å²) in [4.78, 5) is 14.8. The van der Waals surface area contributed by atoms with Crippen molar-refractivity contribution < 1.29 is 8.83 Å². The number of fused-ring (bicyclic) bond motifs is 9. The van der Waals surface area contributed by atoms with Crippen LogP contribution in [0.2, 0.25) is 0 Å². The molecule has 8 aromatic carbocycles. The first-order valence-electron chi connectivity index (χ1n) is 19.0. The second-order valence-electron chi connectivity index (χ2n) is 14.3. The number of benzene rings is 8. The van der Waals surface area contributed by atoms with E-state index < -0.39 is 0 Å². The van der Waals surface area contributed by atoms with Gasteiger partial charge >= 0.3 is 0 Å². The summed E-state index contributed by atoms with van der Waals surface area (Å²) >= 11 is 0. The number of furan rings is 2. The van der Waals surface area contributed by atoms with Gasteiger partial charge in [-0.25, -0.2) is 15.0 Å². The molecule has 0 N–H and O–H groups in total. The number of hydrogen-bond donors (Lipinski definition) is 0. The molecule has 0 bridgehead atoms. The van der Waals surface area contributed by atoms with Gasteiger partial charge in [0.15, 0.2) is 17.5 Å². The maximum Gasteiger partial charge on any atom is 0.164 e. The van der Waals surface area contributed by atoms with E-state index in [-0.39, 0.29) is 0 Å². The van der Waals surface area contributed by atoms with Crippen molar-refractivity contribution in [3.05, 3.63) is 182 Å². The Morgan fingerprint density at radius 3 is 1.58 bits per heavy atom.